The summed E-state index contributed by atoms with van der Waals surface area (Å²) in [6.45, 7) is 5.86. The Kier molecular flexibility index (Phi) is 5.52. The predicted molar refractivity (Wildman–Crippen MR) is 85.0 cm³/mol. The van der Waals surface area contributed by atoms with Crippen LogP contribution in [0.1, 0.15) is 20.8 Å². The van der Waals surface area contributed by atoms with Crippen molar-refractivity contribution in [3.8, 4) is 0 Å². The van der Waals surface area contributed by atoms with Crippen molar-refractivity contribution in [3.63, 3.8) is 0 Å². The van der Waals surface area contributed by atoms with Gasteiger partial charge in [-0.3, -0.25) is 14.9 Å². The molecule has 0 aromatic carbocycles. The van der Waals surface area contributed by atoms with E-state index in [1.165, 1.54) is 0 Å². The van der Waals surface area contributed by atoms with Gasteiger partial charge in [0.25, 0.3) is 0 Å². The molecule has 0 fully saturated rings. The first-order valence-corrected chi connectivity index (χ1v) is 9.14. The van der Waals surface area contributed by atoms with Crippen LogP contribution in [0.5, 0.6) is 0 Å². The second kappa shape index (κ2) is 6.61. The predicted octanol–water partition coefficient (Wildman–Crippen LogP) is 1.63. The summed E-state index contributed by atoms with van der Waals surface area (Å²) in [5.41, 5.74) is -0.800. The third-order valence-electron chi connectivity index (χ3n) is 2.63. The summed E-state index contributed by atoms with van der Waals surface area (Å²) in [5.74, 6) is -0.133. The number of carbonyl (C=O) groups is 1. The van der Waals surface area contributed by atoms with Gasteiger partial charge < -0.3 is 10.6 Å². The topological polar surface area (TPSA) is 118 Å². The van der Waals surface area contributed by atoms with E-state index in [1.807, 2.05) is 0 Å². The van der Waals surface area contributed by atoms with Crippen molar-refractivity contribution in [1.29, 1.82) is 0 Å². The summed E-state index contributed by atoms with van der Waals surface area (Å²) >= 11 is 0.806. The standard InChI is InChI=1S/C12H19N3O5S2/c1-12(2,3)11(16)14-6-5-13-10-8(15(17)18)7-9(21-10)22(4,19)20/h7,13H,5-6H2,1-4H3,(H,14,16). The van der Waals surface area contributed by atoms with E-state index in [0.717, 1.165) is 23.7 Å². The van der Waals surface area contributed by atoms with E-state index in [9.17, 15) is 23.3 Å². The van der Waals surface area contributed by atoms with E-state index in [4.69, 9.17) is 0 Å². The van der Waals surface area contributed by atoms with Gasteiger partial charge in [0, 0.05) is 30.8 Å². The van der Waals surface area contributed by atoms with Gasteiger partial charge in [-0.15, -0.1) is 0 Å². The second-order valence-corrected chi connectivity index (χ2v) is 9.04. The molecule has 0 bridgehead atoms. The van der Waals surface area contributed by atoms with E-state index in [1.54, 1.807) is 20.8 Å². The molecule has 0 atom stereocenters. The van der Waals surface area contributed by atoms with E-state index >= 15 is 0 Å². The van der Waals surface area contributed by atoms with Crippen molar-refractivity contribution in [2.45, 2.75) is 25.0 Å². The van der Waals surface area contributed by atoms with Crippen molar-refractivity contribution < 1.29 is 18.1 Å². The zero-order valence-corrected chi connectivity index (χ0v) is 14.4. The van der Waals surface area contributed by atoms with Crippen LogP contribution >= 0.6 is 11.3 Å². The zero-order valence-electron chi connectivity index (χ0n) is 12.8. The highest BCUT2D eigenvalue weighted by molar-refractivity contribution is 7.92. The minimum atomic E-state index is -3.50. The SMILES string of the molecule is CC(C)(C)C(=O)NCCNc1sc(S(C)(=O)=O)cc1[N+](=O)[O-]. The van der Waals surface area contributed by atoms with E-state index in [-0.39, 0.29) is 33.9 Å². The van der Waals surface area contributed by atoms with Gasteiger partial charge in [-0.1, -0.05) is 32.1 Å². The van der Waals surface area contributed by atoms with Crippen LogP contribution in [0.4, 0.5) is 10.7 Å². The maximum atomic E-state index is 11.7. The first-order valence-electron chi connectivity index (χ1n) is 6.43. The lowest BCUT2D eigenvalue weighted by molar-refractivity contribution is -0.383. The van der Waals surface area contributed by atoms with E-state index in [0.29, 0.717) is 0 Å². The number of carbonyl (C=O) groups excluding carboxylic acids is 1. The fourth-order valence-electron chi connectivity index (χ4n) is 1.42. The van der Waals surface area contributed by atoms with Gasteiger partial charge in [-0.2, -0.15) is 0 Å². The van der Waals surface area contributed by atoms with Crippen LogP contribution in [0.25, 0.3) is 0 Å². The molecule has 1 aromatic rings. The van der Waals surface area contributed by atoms with Gasteiger partial charge >= 0.3 is 5.69 Å². The molecule has 124 valence electrons. The highest BCUT2D eigenvalue weighted by Gasteiger charge is 2.24. The van der Waals surface area contributed by atoms with Crippen molar-refractivity contribution in [3.05, 3.63) is 16.2 Å². The van der Waals surface area contributed by atoms with Gasteiger partial charge in [0.1, 0.15) is 4.21 Å². The number of rotatable bonds is 6. The highest BCUT2D eigenvalue weighted by atomic mass is 32.2. The molecule has 22 heavy (non-hydrogen) atoms. The fraction of sp³-hybridized carbons (Fsp3) is 0.583. The third kappa shape index (κ3) is 4.95. The molecule has 0 aliphatic carbocycles. The molecule has 0 spiro atoms. The summed E-state index contributed by atoms with van der Waals surface area (Å²) in [7, 11) is -3.50. The summed E-state index contributed by atoms with van der Waals surface area (Å²) in [4.78, 5) is 22.0. The molecule has 2 N–H and O–H groups in total. The van der Waals surface area contributed by atoms with Gasteiger partial charge in [-0.05, 0) is 0 Å². The maximum absolute atomic E-state index is 11.7. The Balaban J connectivity index is 2.72. The minimum Gasteiger partial charge on any atom is -0.369 e. The average molecular weight is 349 g/mol. The quantitative estimate of drug-likeness (QED) is 0.458. The lowest BCUT2D eigenvalue weighted by Crippen LogP contribution is -2.37. The molecule has 1 rings (SSSR count). The fourth-order valence-corrected chi connectivity index (χ4v) is 3.39. The summed E-state index contributed by atoms with van der Waals surface area (Å²) in [6.07, 6.45) is 0.996. The number of anilines is 1. The Morgan fingerprint density at radius 3 is 2.41 bits per heavy atom. The number of hydrogen-bond donors (Lipinski definition) is 2. The largest absolute Gasteiger partial charge is 0.369 e. The van der Waals surface area contributed by atoms with Crippen LogP contribution in [0, 0.1) is 15.5 Å². The second-order valence-electron chi connectivity index (χ2n) is 5.74. The summed E-state index contributed by atoms with van der Waals surface area (Å²) in [6, 6.07) is 1.04. The zero-order chi connectivity index (χ0) is 17.1. The first-order chi connectivity index (χ1) is 9.93. The highest BCUT2D eigenvalue weighted by Crippen LogP contribution is 2.36. The molecular formula is C12H19N3O5S2. The lowest BCUT2D eigenvalue weighted by Gasteiger charge is -2.17. The number of nitrogens with zero attached hydrogens (tertiary/aromatic N) is 1. The minimum absolute atomic E-state index is 0.0690. The van der Waals surface area contributed by atoms with Gasteiger partial charge in [0.15, 0.2) is 14.8 Å². The molecule has 0 saturated carbocycles. The van der Waals surface area contributed by atoms with E-state index < -0.39 is 20.2 Å². The van der Waals surface area contributed by atoms with Gasteiger partial charge in [0.05, 0.1) is 4.92 Å². The Labute approximate surface area is 133 Å². The first kappa shape index (κ1) is 18.4. The van der Waals surface area contributed by atoms with E-state index in [2.05, 4.69) is 10.6 Å². The number of nitro groups is 1. The molecule has 0 aliphatic heterocycles. The van der Waals surface area contributed by atoms with Crippen LogP contribution in [0.15, 0.2) is 10.3 Å². The van der Waals surface area contributed by atoms with Gasteiger partial charge in [-0.25, -0.2) is 8.42 Å². The Bertz CT molecular complexity index is 673. The van der Waals surface area contributed by atoms with Crippen LogP contribution in [-0.2, 0) is 14.6 Å². The molecular weight excluding hydrogens is 330 g/mol. The van der Waals surface area contributed by atoms with Crippen molar-refractivity contribution in [2.24, 2.45) is 5.41 Å². The van der Waals surface area contributed by atoms with Crippen LogP contribution in [-0.4, -0.2) is 38.6 Å². The van der Waals surface area contributed by atoms with Crippen LogP contribution in [0.2, 0.25) is 0 Å². The molecule has 1 heterocycles. The molecule has 0 aliphatic rings. The Morgan fingerprint density at radius 1 is 1.36 bits per heavy atom. The number of nitrogens with one attached hydrogen (secondary N) is 2. The molecule has 8 nitrogen and oxygen atoms in total. The number of thiophene rings is 1. The molecule has 0 saturated heterocycles. The molecule has 1 aromatic heterocycles. The molecule has 1 amide bonds. The van der Waals surface area contributed by atoms with Crippen LogP contribution < -0.4 is 10.6 Å². The number of sulfone groups is 1. The summed E-state index contributed by atoms with van der Waals surface area (Å²) < 4.78 is 22.8. The summed E-state index contributed by atoms with van der Waals surface area (Å²) in [5, 5.41) is 16.6. The van der Waals surface area contributed by atoms with Crippen LogP contribution in [0.3, 0.4) is 0 Å². The monoisotopic (exact) mass is 349 g/mol. The number of hydrogen-bond acceptors (Lipinski definition) is 7. The smallest absolute Gasteiger partial charge is 0.304 e. The van der Waals surface area contributed by atoms with Gasteiger partial charge in [0.2, 0.25) is 5.91 Å². The van der Waals surface area contributed by atoms with Crippen molar-refractivity contribution in [1.82, 2.24) is 5.32 Å². The average Bonchev–Trinajstić information content (AvgIpc) is 2.77. The third-order valence-corrected chi connectivity index (χ3v) is 5.51. The number of amides is 1. The molecule has 10 heteroatoms. The maximum Gasteiger partial charge on any atom is 0.304 e. The Morgan fingerprint density at radius 2 is 1.95 bits per heavy atom. The van der Waals surface area contributed by atoms with Crippen molar-refractivity contribution >= 4 is 37.8 Å². The normalized spacial score (nSPS) is 12.0. The lowest BCUT2D eigenvalue weighted by atomic mass is 9.96. The molecule has 0 radical (unpaired) electrons. The van der Waals surface area contributed by atoms with Crippen molar-refractivity contribution in [2.75, 3.05) is 24.7 Å². The molecule has 0 unspecified atom stereocenters. The Hall–Kier alpha value is -1.68.